The first kappa shape index (κ1) is 19.4. The molecule has 22 heavy (non-hydrogen) atoms. The first-order valence-corrected chi connectivity index (χ1v) is 9.81. The summed E-state index contributed by atoms with van der Waals surface area (Å²) in [5.41, 5.74) is 0. The number of para-hydroxylation sites is 1. The smallest absolute Gasteiger partial charge is 0.394 e. The summed E-state index contributed by atoms with van der Waals surface area (Å²) in [6, 6.07) is 9.30. The molecule has 1 aromatic rings. The molecule has 0 heterocycles. The van der Waals surface area contributed by atoms with Crippen molar-refractivity contribution in [2.24, 2.45) is 0 Å². The number of benzene rings is 1. The third kappa shape index (κ3) is 11.0. The van der Waals surface area contributed by atoms with Crippen molar-refractivity contribution in [2.75, 3.05) is 6.61 Å². The van der Waals surface area contributed by atoms with Crippen LogP contribution in [0.5, 0.6) is 5.75 Å². The molecule has 1 rings (SSSR count). The van der Waals surface area contributed by atoms with E-state index in [1.54, 1.807) is 0 Å². The number of unbranched alkanes of at least 4 members (excludes halogenated alkanes) is 9. The monoisotopic (exact) mass is 326 g/mol. The van der Waals surface area contributed by atoms with E-state index in [-0.39, 0.29) is 0 Å². The molecule has 0 bridgehead atoms. The van der Waals surface area contributed by atoms with Crippen LogP contribution in [-0.4, -0.2) is 11.5 Å². The van der Waals surface area contributed by atoms with Gasteiger partial charge in [0.2, 0.25) is 0 Å². The fourth-order valence-electron chi connectivity index (χ4n) is 2.33. The Labute approximate surface area is 137 Å². The van der Waals surface area contributed by atoms with Crippen molar-refractivity contribution >= 4 is 8.60 Å². The van der Waals surface area contributed by atoms with Gasteiger partial charge in [-0.1, -0.05) is 82.9 Å². The molecule has 1 aromatic carbocycles. The van der Waals surface area contributed by atoms with Crippen LogP contribution >= 0.6 is 8.60 Å². The van der Waals surface area contributed by atoms with Gasteiger partial charge in [0.15, 0.2) is 0 Å². The van der Waals surface area contributed by atoms with Gasteiger partial charge in [0, 0.05) is 0 Å². The van der Waals surface area contributed by atoms with Crippen LogP contribution in [0.1, 0.15) is 71.1 Å². The van der Waals surface area contributed by atoms with Crippen LogP contribution in [0.4, 0.5) is 0 Å². The van der Waals surface area contributed by atoms with Crippen LogP contribution in [0.2, 0.25) is 0 Å². The lowest BCUT2D eigenvalue weighted by molar-refractivity contribution is 0.253. The Bertz CT molecular complexity index is 345. The maximum atomic E-state index is 9.67. The lowest BCUT2D eigenvalue weighted by atomic mass is 10.1. The third-order valence-electron chi connectivity index (χ3n) is 3.63. The third-order valence-corrected chi connectivity index (χ3v) is 4.40. The lowest BCUT2D eigenvalue weighted by Gasteiger charge is -2.11. The van der Waals surface area contributed by atoms with Gasteiger partial charge in [0.1, 0.15) is 5.75 Å². The molecule has 1 N–H and O–H groups in total. The van der Waals surface area contributed by atoms with E-state index in [1.165, 1.54) is 57.8 Å². The van der Waals surface area contributed by atoms with E-state index in [0.717, 1.165) is 6.42 Å². The van der Waals surface area contributed by atoms with Crippen LogP contribution in [-0.2, 0) is 4.52 Å². The molecule has 1 unspecified atom stereocenters. The highest BCUT2D eigenvalue weighted by Crippen LogP contribution is 2.34. The van der Waals surface area contributed by atoms with E-state index in [9.17, 15) is 4.89 Å². The van der Waals surface area contributed by atoms with Crippen molar-refractivity contribution < 1.29 is 13.9 Å². The van der Waals surface area contributed by atoms with Crippen molar-refractivity contribution in [1.82, 2.24) is 0 Å². The molecule has 0 aliphatic carbocycles. The molecule has 0 amide bonds. The van der Waals surface area contributed by atoms with E-state index < -0.39 is 8.60 Å². The molecule has 3 nitrogen and oxygen atoms in total. The average Bonchev–Trinajstić information content (AvgIpc) is 2.53. The highest BCUT2D eigenvalue weighted by molar-refractivity contribution is 7.41. The van der Waals surface area contributed by atoms with Gasteiger partial charge in [-0.25, -0.2) is 0 Å². The van der Waals surface area contributed by atoms with E-state index in [4.69, 9.17) is 9.05 Å². The van der Waals surface area contributed by atoms with Crippen molar-refractivity contribution in [3.8, 4) is 5.75 Å². The predicted octanol–water partition coefficient (Wildman–Crippen LogP) is 6.22. The molecular formula is C18H31O3P. The van der Waals surface area contributed by atoms with Gasteiger partial charge in [-0.2, -0.15) is 0 Å². The minimum Gasteiger partial charge on any atom is -0.427 e. The van der Waals surface area contributed by atoms with Crippen LogP contribution in [0.15, 0.2) is 30.3 Å². The fourth-order valence-corrected chi connectivity index (χ4v) is 2.97. The maximum Gasteiger partial charge on any atom is 0.394 e. The quantitative estimate of drug-likeness (QED) is 0.326. The normalized spacial score (nSPS) is 12.3. The Morgan fingerprint density at radius 1 is 0.818 bits per heavy atom. The molecule has 0 aliphatic heterocycles. The Morgan fingerprint density at radius 2 is 1.36 bits per heavy atom. The summed E-state index contributed by atoms with van der Waals surface area (Å²) in [4.78, 5) is 9.67. The van der Waals surface area contributed by atoms with Gasteiger partial charge in [-0.05, 0) is 18.6 Å². The highest BCUT2D eigenvalue weighted by Gasteiger charge is 2.07. The van der Waals surface area contributed by atoms with E-state index in [2.05, 4.69) is 6.92 Å². The maximum absolute atomic E-state index is 9.67. The first-order chi connectivity index (χ1) is 10.8. The highest BCUT2D eigenvalue weighted by atomic mass is 31.2. The predicted molar refractivity (Wildman–Crippen MR) is 94.0 cm³/mol. The topological polar surface area (TPSA) is 38.7 Å². The Balaban J connectivity index is 1.85. The average molecular weight is 326 g/mol. The second-order valence-electron chi connectivity index (χ2n) is 5.66. The molecule has 1 atom stereocenters. The van der Waals surface area contributed by atoms with Crippen LogP contribution < -0.4 is 4.52 Å². The summed E-state index contributed by atoms with van der Waals surface area (Å²) < 4.78 is 10.6. The van der Waals surface area contributed by atoms with E-state index in [1.807, 2.05) is 30.3 Å². The molecule has 0 radical (unpaired) electrons. The van der Waals surface area contributed by atoms with Crippen molar-refractivity contribution in [3.63, 3.8) is 0 Å². The van der Waals surface area contributed by atoms with Gasteiger partial charge in [-0.3, -0.25) is 0 Å². The Morgan fingerprint density at radius 3 is 1.95 bits per heavy atom. The summed E-state index contributed by atoms with van der Waals surface area (Å²) in [6.45, 7) is 2.83. The van der Waals surface area contributed by atoms with Crippen molar-refractivity contribution in [3.05, 3.63) is 30.3 Å². The van der Waals surface area contributed by atoms with Crippen LogP contribution in [0.25, 0.3) is 0 Å². The summed E-state index contributed by atoms with van der Waals surface area (Å²) in [5.74, 6) is 0.652. The lowest BCUT2D eigenvalue weighted by Crippen LogP contribution is -1.95. The van der Waals surface area contributed by atoms with Crippen LogP contribution in [0.3, 0.4) is 0 Å². The summed E-state index contributed by atoms with van der Waals surface area (Å²) in [6.07, 6.45) is 13.0. The molecule has 0 fully saturated rings. The zero-order valence-electron chi connectivity index (χ0n) is 13.9. The van der Waals surface area contributed by atoms with E-state index >= 15 is 0 Å². The number of hydrogen-bond acceptors (Lipinski definition) is 3. The molecule has 126 valence electrons. The Hall–Kier alpha value is -0.630. The molecule has 4 heteroatoms. The first-order valence-electron chi connectivity index (χ1n) is 8.68. The molecule has 0 spiro atoms. The second-order valence-corrected chi connectivity index (χ2v) is 6.57. The minimum absolute atomic E-state index is 0.575. The summed E-state index contributed by atoms with van der Waals surface area (Å²) in [7, 11) is -1.79. The molecule has 0 aliphatic rings. The zero-order chi connectivity index (χ0) is 15.9. The van der Waals surface area contributed by atoms with Gasteiger partial charge in [0.25, 0.3) is 0 Å². The van der Waals surface area contributed by atoms with Gasteiger partial charge < -0.3 is 13.9 Å². The summed E-state index contributed by atoms with van der Waals surface area (Å²) >= 11 is 0. The largest absolute Gasteiger partial charge is 0.427 e. The van der Waals surface area contributed by atoms with Crippen molar-refractivity contribution in [2.45, 2.75) is 71.1 Å². The van der Waals surface area contributed by atoms with E-state index in [0.29, 0.717) is 12.4 Å². The molecule has 0 saturated carbocycles. The standard InChI is InChI=1S/C18H31O3P/c1-2-3-4-5-6-7-8-9-10-14-17-20-22(19)21-18-15-12-11-13-16-18/h11-13,15-16,19H,2-10,14,17H2,1H3. The van der Waals surface area contributed by atoms with Gasteiger partial charge in [-0.15, -0.1) is 0 Å². The minimum atomic E-state index is -1.79. The van der Waals surface area contributed by atoms with Gasteiger partial charge in [0.05, 0.1) is 6.61 Å². The second kappa shape index (κ2) is 14.0. The molecular weight excluding hydrogens is 295 g/mol. The van der Waals surface area contributed by atoms with Crippen LogP contribution in [0, 0.1) is 0 Å². The van der Waals surface area contributed by atoms with Crippen molar-refractivity contribution in [1.29, 1.82) is 0 Å². The number of hydrogen-bond donors (Lipinski definition) is 1. The number of rotatable bonds is 14. The fraction of sp³-hybridized carbons (Fsp3) is 0.667. The van der Waals surface area contributed by atoms with Gasteiger partial charge >= 0.3 is 8.60 Å². The Kier molecular flexibility index (Phi) is 12.4. The molecule has 0 saturated heterocycles. The SMILES string of the molecule is CCCCCCCCCCCCOP(O)Oc1ccccc1. The zero-order valence-corrected chi connectivity index (χ0v) is 14.8. The molecule has 0 aromatic heterocycles. The summed E-state index contributed by atoms with van der Waals surface area (Å²) in [5, 5.41) is 0.